The number of halogens is 3. The summed E-state index contributed by atoms with van der Waals surface area (Å²) < 4.78 is 38.9. The first kappa shape index (κ1) is 16.3. The molecule has 5 nitrogen and oxygen atoms in total. The number of benzene rings is 1. The number of hydrogen-bond donors (Lipinski definition) is 1. The highest BCUT2D eigenvalue weighted by Crippen LogP contribution is 2.29. The molecule has 0 saturated heterocycles. The average molecular weight is 352 g/mol. The fourth-order valence-electron chi connectivity index (χ4n) is 1.99. The zero-order valence-corrected chi connectivity index (χ0v) is 12.9. The summed E-state index contributed by atoms with van der Waals surface area (Å²) in [7, 11) is 0. The zero-order valence-electron chi connectivity index (χ0n) is 12.1. The molecule has 0 saturated carbocycles. The highest BCUT2D eigenvalue weighted by molar-refractivity contribution is 7.99. The van der Waals surface area contributed by atoms with Crippen molar-refractivity contribution in [2.75, 3.05) is 11.2 Å². The van der Waals surface area contributed by atoms with E-state index in [0.717, 1.165) is 35.1 Å². The number of aromatic nitrogens is 3. The van der Waals surface area contributed by atoms with Crippen LogP contribution in [0.5, 0.6) is 0 Å². The van der Waals surface area contributed by atoms with Crippen molar-refractivity contribution >= 4 is 28.7 Å². The van der Waals surface area contributed by atoms with Gasteiger partial charge in [0.15, 0.2) is 0 Å². The Morgan fingerprint density at radius 3 is 2.67 bits per heavy atom. The van der Waals surface area contributed by atoms with E-state index in [1.54, 1.807) is 0 Å². The van der Waals surface area contributed by atoms with Crippen molar-refractivity contribution in [2.45, 2.75) is 11.2 Å². The van der Waals surface area contributed by atoms with Crippen LogP contribution in [0.1, 0.15) is 5.56 Å². The van der Waals surface area contributed by atoms with E-state index in [-0.39, 0.29) is 11.7 Å². The van der Waals surface area contributed by atoms with E-state index in [1.165, 1.54) is 17.1 Å². The second-order valence-electron chi connectivity index (χ2n) is 4.81. The van der Waals surface area contributed by atoms with Gasteiger partial charge in [-0.2, -0.15) is 13.2 Å². The molecule has 9 heteroatoms. The number of para-hydroxylation sites is 2. The molecule has 0 spiro atoms. The first-order valence-corrected chi connectivity index (χ1v) is 7.80. The van der Waals surface area contributed by atoms with Gasteiger partial charge in [-0.15, -0.1) is 0 Å². The van der Waals surface area contributed by atoms with Gasteiger partial charge in [-0.05, 0) is 24.3 Å². The minimum Gasteiger partial charge on any atom is -0.272 e. The molecule has 3 aromatic rings. The Balaban J connectivity index is 1.59. The topological polar surface area (TPSA) is 59.8 Å². The molecule has 0 aliphatic heterocycles. The third kappa shape index (κ3) is 3.67. The van der Waals surface area contributed by atoms with Crippen LogP contribution in [0.2, 0.25) is 0 Å². The molecular formula is C15H11F3N4OS. The van der Waals surface area contributed by atoms with Crippen LogP contribution >= 0.6 is 11.8 Å². The molecule has 2 heterocycles. The van der Waals surface area contributed by atoms with E-state index in [1.807, 2.05) is 24.3 Å². The number of amides is 1. The number of rotatable bonds is 4. The predicted molar refractivity (Wildman–Crippen MR) is 84.1 cm³/mol. The summed E-state index contributed by atoms with van der Waals surface area (Å²) in [6.45, 7) is 0. The van der Waals surface area contributed by atoms with Crippen molar-refractivity contribution in [1.29, 1.82) is 0 Å². The Morgan fingerprint density at radius 2 is 1.96 bits per heavy atom. The van der Waals surface area contributed by atoms with Crippen LogP contribution in [0.4, 0.5) is 13.2 Å². The normalized spacial score (nSPS) is 11.6. The largest absolute Gasteiger partial charge is 0.417 e. The monoisotopic (exact) mass is 352 g/mol. The van der Waals surface area contributed by atoms with E-state index >= 15 is 0 Å². The molecule has 3 rings (SSSR count). The number of pyridine rings is 1. The standard InChI is InChI=1S/C15H11F3N4OS/c16-15(17,18)10-5-6-14(19-7-10)24-8-13(23)21-22-9-20-11-3-1-2-4-12(11)22/h1-7,9H,8H2,(H,21,23). The highest BCUT2D eigenvalue weighted by Gasteiger charge is 2.30. The Hall–Kier alpha value is -2.55. The van der Waals surface area contributed by atoms with E-state index in [0.29, 0.717) is 5.03 Å². The van der Waals surface area contributed by atoms with Crippen molar-refractivity contribution in [3.63, 3.8) is 0 Å². The SMILES string of the molecule is O=C(CSc1ccc(C(F)(F)F)cn1)Nn1cnc2ccccc21. The third-order valence-electron chi connectivity index (χ3n) is 3.11. The number of thioether (sulfide) groups is 1. The van der Waals surface area contributed by atoms with Gasteiger partial charge in [-0.1, -0.05) is 23.9 Å². The number of hydrogen-bond acceptors (Lipinski definition) is 4. The highest BCUT2D eigenvalue weighted by atomic mass is 32.2. The molecule has 2 aromatic heterocycles. The smallest absolute Gasteiger partial charge is 0.272 e. The van der Waals surface area contributed by atoms with Crippen LogP contribution in [-0.4, -0.2) is 26.3 Å². The van der Waals surface area contributed by atoms with Crippen molar-refractivity contribution in [3.8, 4) is 0 Å². The van der Waals surface area contributed by atoms with Crippen molar-refractivity contribution in [3.05, 3.63) is 54.5 Å². The van der Waals surface area contributed by atoms with Gasteiger partial charge in [0.1, 0.15) is 6.33 Å². The molecule has 1 amide bonds. The van der Waals surface area contributed by atoms with Crippen LogP contribution < -0.4 is 5.43 Å². The molecule has 0 fully saturated rings. The number of carbonyl (C=O) groups excluding carboxylic acids is 1. The predicted octanol–water partition coefficient (Wildman–Crippen LogP) is 3.31. The Labute approximate surface area is 138 Å². The van der Waals surface area contributed by atoms with Crippen molar-refractivity contribution in [1.82, 2.24) is 14.6 Å². The lowest BCUT2D eigenvalue weighted by Gasteiger charge is -2.08. The van der Waals surface area contributed by atoms with Gasteiger partial charge in [0.25, 0.3) is 0 Å². The van der Waals surface area contributed by atoms with E-state index in [2.05, 4.69) is 15.4 Å². The number of nitrogens with one attached hydrogen (secondary N) is 1. The minimum atomic E-state index is -4.42. The summed E-state index contributed by atoms with van der Waals surface area (Å²) in [6.07, 6.45) is -2.18. The quantitative estimate of drug-likeness (QED) is 0.732. The van der Waals surface area contributed by atoms with Gasteiger partial charge in [-0.3, -0.25) is 10.2 Å². The second-order valence-corrected chi connectivity index (χ2v) is 5.81. The summed E-state index contributed by atoms with van der Waals surface area (Å²) in [6, 6.07) is 9.48. The van der Waals surface area contributed by atoms with E-state index in [4.69, 9.17) is 0 Å². The Morgan fingerprint density at radius 1 is 1.17 bits per heavy atom. The first-order valence-electron chi connectivity index (χ1n) is 6.81. The Bertz CT molecular complexity index is 861. The second kappa shape index (κ2) is 6.52. The molecule has 0 bridgehead atoms. The zero-order chi connectivity index (χ0) is 17.2. The fraction of sp³-hybridized carbons (Fsp3) is 0.133. The summed E-state index contributed by atoms with van der Waals surface area (Å²) >= 11 is 1.05. The maximum absolute atomic E-state index is 12.5. The Kier molecular flexibility index (Phi) is 4.43. The van der Waals surface area contributed by atoms with Crippen LogP contribution in [0, 0.1) is 0 Å². The average Bonchev–Trinajstić information content (AvgIpc) is 2.96. The van der Waals surface area contributed by atoms with Gasteiger partial charge in [0.2, 0.25) is 5.91 Å². The number of imidazole rings is 1. The van der Waals surface area contributed by atoms with Crippen LogP contribution in [0.3, 0.4) is 0 Å². The maximum atomic E-state index is 12.5. The van der Waals surface area contributed by atoms with Crippen LogP contribution in [0.25, 0.3) is 11.0 Å². The van der Waals surface area contributed by atoms with Gasteiger partial charge in [0, 0.05) is 6.20 Å². The molecule has 1 aromatic carbocycles. The summed E-state index contributed by atoms with van der Waals surface area (Å²) in [5, 5.41) is 0.341. The lowest BCUT2D eigenvalue weighted by Crippen LogP contribution is -2.23. The molecule has 124 valence electrons. The molecule has 0 unspecified atom stereocenters. The van der Waals surface area contributed by atoms with E-state index in [9.17, 15) is 18.0 Å². The number of alkyl halides is 3. The fourth-order valence-corrected chi connectivity index (χ4v) is 2.62. The summed E-state index contributed by atoms with van der Waals surface area (Å²) in [4.78, 5) is 19.8. The third-order valence-corrected chi connectivity index (χ3v) is 4.06. The lowest BCUT2D eigenvalue weighted by molar-refractivity contribution is -0.137. The van der Waals surface area contributed by atoms with Crippen LogP contribution in [0.15, 0.2) is 53.9 Å². The van der Waals surface area contributed by atoms with Gasteiger partial charge in [-0.25, -0.2) is 14.6 Å². The van der Waals surface area contributed by atoms with Gasteiger partial charge >= 0.3 is 6.18 Å². The summed E-state index contributed by atoms with van der Waals surface area (Å²) in [5.41, 5.74) is 3.34. The molecule has 0 aliphatic rings. The number of carbonyl (C=O) groups is 1. The lowest BCUT2D eigenvalue weighted by atomic mass is 10.3. The van der Waals surface area contributed by atoms with Crippen molar-refractivity contribution in [2.24, 2.45) is 0 Å². The van der Waals surface area contributed by atoms with Crippen molar-refractivity contribution < 1.29 is 18.0 Å². The van der Waals surface area contributed by atoms with E-state index < -0.39 is 11.7 Å². The van der Waals surface area contributed by atoms with Crippen LogP contribution in [-0.2, 0) is 11.0 Å². The maximum Gasteiger partial charge on any atom is 0.417 e. The molecule has 0 atom stereocenters. The summed E-state index contributed by atoms with van der Waals surface area (Å²) in [5.74, 6) is -0.296. The molecule has 0 aliphatic carbocycles. The van der Waals surface area contributed by atoms with Gasteiger partial charge < -0.3 is 0 Å². The molecule has 24 heavy (non-hydrogen) atoms. The van der Waals surface area contributed by atoms with Gasteiger partial charge in [0.05, 0.1) is 27.4 Å². The first-order chi connectivity index (χ1) is 11.4. The molecule has 1 N–H and O–H groups in total. The molecule has 0 radical (unpaired) electrons. The number of fused-ring (bicyclic) bond motifs is 1. The minimum absolute atomic E-state index is 0.0187. The molecular weight excluding hydrogens is 341 g/mol. The number of nitrogens with zero attached hydrogens (tertiary/aromatic N) is 3.